The van der Waals surface area contributed by atoms with Crippen molar-refractivity contribution in [2.24, 2.45) is 0 Å². The van der Waals surface area contributed by atoms with Crippen LogP contribution < -0.4 is 0 Å². The van der Waals surface area contributed by atoms with Gasteiger partial charge in [-0.25, -0.2) is 0 Å². The molecule has 0 bridgehead atoms. The van der Waals surface area contributed by atoms with Crippen LogP contribution in [0.2, 0.25) is 0 Å². The molecule has 0 aromatic heterocycles. The Kier molecular flexibility index (Phi) is 2.23. The Hall–Kier alpha value is -0.650. The van der Waals surface area contributed by atoms with Crippen LogP contribution in [0.5, 0.6) is 0 Å². The van der Waals surface area contributed by atoms with Crippen molar-refractivity contribution < 1.29 is 14.6 Å². The molecule has 2 fully saturated rings. The van der Waals surface area contributed by atoms with E-state index in [2.05, 4.69) is 0 Å². The number of nitrogens with zero attached hydrogens (tertiary/aromatic N) is 2. The summed E-state index contributed by atoms with van der Waals surface area (Å²) >= 11 is 0. The van der Waals surface area contributed by atoms with Gasteiger partial charge in [0.25, 0.3) is 0 Å². The van der Waals surface area contributed by atoms with Crippen molar-refractivity contribution in [2.45, 2.75) is 12.1 Å². The van der Waals surface area contributed by atoms with Gasteiger partial charge in [-0.2, -0.15) is 0 Å². The number of hydrogen-bond donors (Lipinski definition) is 1. The Bertz CT molecular complexity index is 221. The molecule has 2 aliphatic heterocycles. The Morgan fingerprint density at radius 3 is 2.77 bits per heavy atom. The zero-order valence-electron chi connectivity index (χ0n) is 7.64. The number of amides is 1. The lowest BCUT2D eigenvalue weighted by Crippen LogP contribution is -2.42. The van der Waals surface area contributed by atoms with Crippen LogP contribution >= 0.6 is 0 Å². The first-order chi connectivity index (χ1) is 6.18. The van der Waals surface area contributed by atoms with Crippen molar-refractivity contribution >= 4 is 5.91 Å². The van der Waals surface area contributed by atoms with Gasteiger partial charge in [0.15, 0.2) is 0 Å². The smallest absolute Gasteiger partial charge is 0.237 e. The standard InChI is InChI=1S/C8H14N2O3/c1-9-5-10(2-8(9)12)6-3-13-4-7(6)11/h6-7,11H,2-5H2,1H3/t6?,7-/m1/s1. The minimum atomic E-state index is -0.445. The van der Waals surface area contributed by atoms with Gasteiger partial charge in [-0.15, -0.1) is 0 Å². The van der Waals surface area contributed by atoms with Crippen LogP contribution in [0.3, 0.4) is 0 Å². The van der Waals surface area contributed by atoms with Gasteiger partial charge in [-0.3, -0.25) is 9.69 Å². The lowest BCUT2D eigenvalue weighted by molar-refractivity contribution is -0.125. The highest BCUT2D eigenvalue weighted by molar-refractivity contribution is 5.79. The molecule has 1 N–H and O–H groups in total. The first kappa shape index (κ1) is 8.93. The van der Waals surface area contributed by atoms with Crippen molar-refractivity contribution in [2.75, 3.05) is 33.5 Å². The third-order valence-electron chi connectivity index (χ3n) is 2.65. The van der Waals surface area contributed by atoms with Gasteiger partial charge >= 0.3 is 0 Å². The van der Waals surface area contributed by atoms with Gasteiger partial charge in [0.05, 0.1) is 38.6 Å². The molecule has 0 radical (unpaired) electrons. The molecule has 0 spiro atoms. The van der Waals surface area contributed by atoms with E-state index in [4.69, 9.17) is 4.74 Å². The molecule has 2 rings (SSSR count). The molecule has 0 saturated carbocycles. The van der Waals surface area contributed by atoms with Gasteiger partial charge in [-0.1, -0.05) is 0 Å². The Morgan fingerprint density at radius 2 is 2.31 bits per heavy atom. The molecule has 5 nitrogen and oxygen atoms in total. The minimum Gasteiger partial charge on any atom is -0.389 e. The molecule has 74 valence electrons. The molecule has 0 aromatic carbocycles. The summed E-state index contributed by atoms with van der Waals surface area (Å²) in [6.07, 6.45) is -0.445. The molecule has 1 unspecified atom stereocenters. The van der Waals surface area contributed by atoms with Crippen LogP contribution in [0.25, 0.3) is 0 Å². The fourth-order valence-corrected chi connectivity index (χ4v) is 1.80. The van der Waals surface area contributed by atoms with Gasteiger partial charge in [0.1, 0.15) is 0 Å². The summed E-state index contributed by atoms with van der Waals surface area (Å²) < 4.78 is 5.13. The fourth-order valence-electron chi connectivity index (χ4n) is 1.80. The Balaban J connectivity index is 1.98. The summed E-state index contributed by atoms with van der Waals surface area (Å²) in [6, 6.07) is -0.00565. The quantitative estimate of drug-likeness (QED) is 0.540. The summed E-state index contributed by atoms with van der Waals surface area (Å²) in [5.41, 5.74) is 0. The number of aliphatic hydroxyl groups is 1. The zero-order valence-corrected chi connectivity index (χ0v) is 7.64. The van der Waals surface area contributed by atoms with Crippen molar-refractivity contribution in [3.05, 3.63) is 0 Å². The van der Waals surface area contributed by atoms with Crippen LogP contribution in [0.15, 0.2) is 0 Å². The van der Waals surface area contributed by atoms with E-state index in [1.165, 1.54) is 0 Å². The number of carbonyl (C=O) groups is 1. The second kappa shape index (κ2) is 3.25. The summed E-state index contributed by atoms with van der Waals surface area (Å²) in [5.74, 6) is 0.110. The Morgan fingerprint density at radius 1 is 1.54 bits per heavy atom. The van der Waals surface area contributed by atoms with Crippen LogP contribution in [0.1, 0.15) is 0 Å². The van der Waals surface area contributed by atoms with Crippen LogP contribution in [-0.4, -0.2) is 66.4 Å². The number of hydrogen-bond acceptors (Lipinski definition) is 4. The number of rotatable bonds is 1. The molecule has 0 aromatic rings. The van der Waals surface area contributed by atoms with Gasteiger partial charge in [0, 0.05) is 7.05 Å². The van der Waals surface area contributed by atoms with E-state index in [9.17, 15) is 9.90 Å². The molecule has 2 aliphatic rings. The molecule has 2 heterocycles. The van der Waals surface area contributed by atoms with Crippen molar-refractivity contribution in [3.63, 3.8) is 0 Å². The molecule has 2 saturated heterocycles. The fraction of sp³-hybridized carbons (Fsp3) is 0.875. The largest absolute Gasteiger partial charge is 0.389 e. The van der Waals surface area contributed by atoms with Crippen LogP contribution in [-0.2, 0) is 9.53 Å². The molecule has 2 atom stereocenters. The molecule has 1 amide bonds. The van der Waals surface area contributed by atoms with E-state index in [-0.39, 0.29) is 11.9 Å². The van der Waals surface area contributed by atoms with Crippen LogP contribution in [0, 0.1) is 0 Å². The third kappa shape index (κ3) is 1.54. The maximum Gasteiger partial charge on any atom is 0.237 e. The van der Waals surface area contributed by atoms with Gasteiger partial charge in [0.2, 0.25) is 5.91 Å². The summed E-state index contributed by atoms with van der Waals surface area (Å²) in [5, 5.41) is 9.53. The van der Waals surface area contributed by atoms with Crippen molar-refractivity contribution in [3.8, 4) is 0 Å². The lowest BCUT2D eigenvalue weighted by atomic mass is 10.2. The van der Waals surface area contributed by atoms with Gasteiger partial charge < -0.3 is 14.7 Å². The topological polar surface area (TPSA) is 53.0 Å². The third-order valence-corrected chi connectivity index (χ3v) is 2.65. The zero-order chi connectivity index (χ0) is 9.42. The summed E-state index contributed by atoms with van der Waals surface area (Å²) in [6.45, 7) is 1.92. The maximum atomic E-state index is 11.2. The average Bonchev–Trinajstić information content (AvgIpc) is 2.60. The van der Waals surface area contributed by atoms with E-state index < -0.39 is 6.10 Å². The van der Waals surface area contributed by atoms with E-state index in [0.29, 0.717) is 26.4 Å². The number of aliphatic hydroxyl groups excluding tert-OH is 1. The second-order valence-corrected chi connectivity index (χ2v) is 3.65. The second-order valence-electron chi connectivity index (χ2n) is 3.65. The van der Waals surface area contributed by atoms with E-state index in [1.807, 2.05) is 4.90 Å². The average molecular weight is 186 g/mol. The normalized spacial score (nSPS) is 36.2. The number of ether oxygens (including phenoxy) is 1. The monoisotopic (exact) mass is 186 g/mol. The maximum absolute atomic E-state index is 11.2. The summed E-state index contributed by atoms with van der Waals surface area (Å²) in [7, 11) is 1.77. The Labute approximate surface area is 76.9 Å². The lowest BCUT2D eigenvalue weighted by Gasteiger charge is -2.23. The SMILES string of the molecule is CN1CN(C2COC[C@H]2O)CC1=O. The first-order valence-electron chi connectivity index (χ1n) is 4.42. The molecule has 13 heavy (non-hydrogen) atoms. The summed E-state index contributed by atoms with van der Waals surface area (Å²) in [4.78, 5) is 14.8. The minimum absolute atomic E-state index is 0.00565. The van der Waals surface area contributed by atoms with Crippen LogP contribution in [0.4, 0.5) is 0 Å². The molecular weight excluding hydrogens is 172 g/mol. The first-order valence-corrected chi connectivity index (χ1v) is 4.42. The van der Waals surface area contributed by atoms with E-state index in [0.717, 1.165) is 0 Å². The highest BCUT2D eigenvalue weighted by Crippen LogP contribution is 2.16. The predicted molar refractivity (Wildman–Crippen MR) is 45.0 cm³/mol. The van der Waals surface area contributed by atoms with E-state index in [1.54, 1.807) is 11.9 Å². The van der Waals surface area contributed by atoms with Crippen molar-refractivity contribution in [1.29, 1.82) is 0 Å². The number of carbonyl (C=O) groups excluding carboxylic acids is 1. The molecule has 5 heteroatoms. The molecule has 0 aliphatic carbocycles. The number of likely N-dealkylation sites (N-methyl/N-ethyl adjacent to an activating group) is 1. The highest BCUT2D eigenvalue weighted by Gasteiger charge is 2.37. The highest BCUT2D eigenvalue weighted by atomic mass is 16.5. The molecular formula is C8H14N2O3. The predicted octanol–water partition coefficient (Wildman–Crippen LogP) is -1.52. The van der Waals surface area contributed by atoms with Crippen molar-refractivity contribution in [1.82, 2.24) is 9.80 Å². The van der Waals surface area contributed by atoms with E-state index >= 15 is 0 Å². The van der Waals surface area contributed by atoms with Gasteiger partial charge in [-0.05, 0) is 0 Å².